The Labute approximate surface area is 180 Å². The Morgan fingerprint density at radius 2 is 1.97 bits per heavy atom. The van der Waals surface area contributed by atoms with Crippen molar-refractivity contribution in [2.45, 2.75) is 43.1 Å². The molecule has 8 heteroatoms. The van der Waals surface area contributed by atoms with Gasteiger partial charge in [-0.1, -0.05) is 55.9 Å². The van der Waals surface area contributed by atoms with Crippen LogP contribution in [0.25, 0.3) is 0 Å². The molecule has 0 radical (unpaired) electrons. The second-order valence-corrected chi connectivity index (χ2v) is 8.16. The van der Waals surface area contributed by atoms with Crippen LogP contribution in [0.4, 0.5) is 5.69 Å². The molecule has 2 atom stereocenters. The molecule has 0 saturated heterocycles. The maximum atomic E-state index is 13.3. The fourth-order valence-corrected chi connectivity index (χ4v) is 4.55. The maximum Gasteiger partial charge on any atom is 0.240 e. The summed E-state index contributed by atoms with van der Waals surface area (Å²) < 4.78 is 7.17. The van der Waals surface area contributed by atoms with Gasteiger partial charge in [-0.2, -0.15) is 0 Å². The average molecular weight is 424 g/mol. The number of anilines is 1. The number of fused-ring (bicyclic) bond motifs is 1. The molecule has 1 aliphatic rings. The van der Waals surface area contributed by atoms with E-state index in [4.69, 9.17) is 4.74 Å². The van der Waals surface area contributed by atoms with E-state index in [0.29, 0.717) is 16.6 Å². The molecule has 0 fully saturated rings. The number of carbonyl (C=O) groups is 1. The van der Waals surface area contributed by atoms with E-state index in [0.717, 1.165) is 24.2 Å². The lowest BCUT2D eigenvalue weighted by Gasteiger charge is -2.33. The predicted molar refractivity (Wildman–Crippen MR) is 119 cm³/mol. The molecule has 0 aliphatic carbocycles. The Morgan fingerprint density at radius 3 is 2.67 bits per heavy atom. The van der Waals surface area contributed by atoms with Crippen molar-refractivity contribution in [2.24, 2.45) is 0 Å². The second kappa shape index (κ2) is 8.79. The Balaban J connectivity index is 1.65. The molecule has 2 aromatic carbocycles. The fraction of sp³-hybridized carbons (Fsp3) is 0.318. The summed E-state index contributed by atoms with van der Waals surface area (Å²) in [4.78, 5) is 13.3. The number of aryl methyl sites for hydroxylation is 2. The quantitative estimate of drug-likeness (QED) is 0.628. The Morgan fingerprint density at radius 1 is 1.17 bits per heavy atom. The number of methoxy groups -OCH3 is 1. The number of rotatable bonds is 6. The average Bonchev–Trinajstić information content (AvgIpc) is 3.20. The van der Waals surface area contributed by atoms with Gasteiger partial charge in [-0.05, 0) is 29.7 Å². The van der Waals surface area contributed by atoms with Crippen LogP contribution in [0, 0.1) is 0 Å². The number of ether oxygens (including phenoxy) is 1. The molecule has 3 aromatic rings. The second-order valence-electron chi connectivity index (χ2n) is 7.05. The number of hydrogen-bond acceptors (Lipinski definition) is 6. The van der Waals surface area contributed by atoms with Crippen LogP contribution in [-0.2, 0) is 17.6 Å². The molecule has 2 N–H and O–H groups in total. The Hall–Kier alpha value is -3.00. The first-order valence-electron chi connectivity index (χ1n) is 10.0. The van der Waals surface area contributed by atoms with Gasteiger partial charge in [-0.3, -0.25) is 4.79 Å². The lowest BCUT2D eigenvalue weighted by molar-refractivity contribution is -0.116. The summed E-state index contributed by atoms with van der Waals surface area (Å²) in [5.74, 6) is 1.44. The van der Waals surface area contributed by atoms with E-state index in [1.54, 1.807) is 7.11 Å². The van der Waals surface area contributed by atoms with Crippen LogP contribution < -0.4 is 15.5 Å². The summed E-state index contributed by atoms with van der Waals surface area (Å²) in [7, 11) is 1.61. The highest BCUT2D eigenvalue weighted by molar-refractivity contribution is 8.00. The number of amides is 1. The van der Waals surface area contributed by atoms with E-state index in [1.165, 1.54) is 17.3 Å². The minimum atomic E-state index is -0.412. The lowest BCUT2D eigenvalue weighted by atomic mass is 10.0. The highest BCUT2D eigenvalue weighted by Gasteiger charge is 2.37. The molecule has 1 aliphatic heterocycles. The van der Waals surface area contributed by atoms with Crippen LogP contribution >= 0.6 is 11.8 Å². The van der Waals surface area contributed by atoms with Crippen molar-refractivity contribution in [3.8, 4) is 5.75 Å². The molecule has 0 spiro atoms. The summed E-state index contributed by atoms with van der Waals surface area (Å²) in [5.41, 5.74) is 6.48. The third-order valence-electron chi connectivity index (χ3n) is 5.16. The van der Waals surface area contributed by atoms with Crippen LogP contribution in [0.15, 0.2) is 53.7 Å². The zero-order valence-corrected chi connectivity index (χ0v) is 18.1. The molecule has 4 rings (SSSR count). The van der Waals surface area contributed by atoms with Gasteiger partial charge >= 0.3 is 0 Å². The van der Waals surface area contributed by atoms with Crippen molar-refractivity contribution in [3.63, 3.8) is 0 Å². The Kier molecular flexibility index (Phi) is 5.94. The number of hydrogen-bond donors (Lipinski definition) is 2. The van der Waals surface area contributed by atoms with Gasteiger partial charge in [0.1, 0.15) is 11.0 Å². The highest BCUT2D eigenvalue weighted by Crippen LogP contribution is 2.37. The lowest BCUT2D eigenvalue weighted by Crippen LogP contribution is -2.41. The van der Waals surface area contributed by atoms with Crippen molar-refractivity contribution >= 4 is 23.4 Å². The zero-order valence-electron chi connectivity index (χ0n) is 17.3. The van der Waals surface area contributed by atoms with Gasteiger partial charge in [0.2, 0.25) is 11.1 Å². The monoisotopic (exact) mass is 423 g/mol. The molecule has 1 amide bonds. The summed E-state index contributed by atoms with van der Waals surface area (Å²) in [6, 6.07) is 15.5. The summed E-state index contributed by atoms with van der Waals surface area (Å²) >= 11 is 1.43. The van der Waals surface area contributed by atoms with Gasteiger partial charge in [-0.25, -0.2) is 4.68 Å². The number of carbonyl (C=O) groups excluding carboxylic acids is 1. The van der Waals surface area contributed by atoms with Crippen molar-refractivity contribution in [3.05, 3.63) is 65.5 Å². The first-order chi connectivity index (χ1) is 14.6. The topological polar surface area (TPSA) is 81.1 Å². The molecule has 7 nitrogen and oxygen atoms in total. The SMILES string of the molecule is CCc1ccc([C@@H]2Nn3c(CC)nnc3S[C@H]2C(=O)Nc2cccc(OC)c2)cc1. The van der Waals surface area contributed by atoms with Crippen molar-refractivity contribution < 1.29 is 9.53 Å². The number of thioether (sulfide) groups is 1. The van der Waals surface area contributed by atoms with Gasteiger partial charge in [0.15, 0.2) is 5.82 Å². The smallest absolute Gasteiger partial charge is 0.240 e. The molecule has 0 unspecified atom stereocenters. The third kappa shape index (κ3) is 4.00. The van der Waals surface area contributed by atoms with Gasteiger partial charge in [0.05, 0.1) is 13.2 Å². The molecule has 2 heterocycles. The molecule has 156 valence electrons. The minimum Gasteiger partial charge on any atom is -0.497 e. The van der Waals surface area contributed by atoms with E-state index in [1.807, 2.05) is 35.9 Å². The van der Waals surface area contributed by atoms with Crippen LogP contribution in [-0.4, -0.2) is 33.1 Å². The summed E-state index contributed by atoms with van der Waals surface area (Å²) in [5, 5.41) is 11.8. The van der Waals surface area contributed by atoms with Crippen molar-refractivity contribution in [2.75, 3.05) is 17.9 Å². The maximum absolute atomic E-state index is 13.3. The van der Waals surface area contributed by atoms with Crippen molar-refractivity contribution in [1.29, 1.82) is 0 Å². The largest absolute Gasteiger partial charge is 0.497 e. The minimum absolute atomic E-state index is 0.0994. The molecular formula is C22H25N5O2S. The van der Waals surface area contributed by atoms with Crippen molar-refractivity contribution in [1.82, 2.24) is 14.9 Å². The van der Waals surface area contributed by atoms with Crippen LogP contribution in [0.1, 0.15) is 36.8 Å². The first-order valence-corrected chi connectivity index (χ1v) is 10.9. The molecule has 0 bridgehead atoms. The van der Waals surface area contributed by atoms with Gasteiger partial charge in [0, 0.05) is 18.2 Å². The highest BCUT2D eigenvalue weighted by atomic mass is 32.2. The Bertz CT molecular complexity index is 1030. The number of benzene rings is 2. The van der Waals surface area contributed by atoms with Gasteiger partial charge in [-0.15, -0.1) is 10.2 Å². The van der Waals surface area contributed by atoms with Crippen LogP contribution in [0.2, 0.25) is 0 Å². The van der Waals surface area contributed by atoms with Crippen LogP contribution in [0.5, 0.6) is 5.75 Å². The number of nitrogens with zero attached hydrogens (tertiary/aromatic N) is 3. The van der Waals surface area contributed by atoms with E-state index in [2.05, 4.69) is 52.1 Å². The van der Waals surface area contributed by atoms with E-state index >= 15 is 0 Å². The predicted octanol–water partition coefficient (Wildman–Crippen LogP) is 3.81. The van der Waals surface area contributed by atoms with Gasteiger partial charge < -0.3 is 15.5 Å². The van der Waals surface area contributed by atoms with E-state index < -0.39 is 5.25 Å². The third-order valence-corrected chi connectivity index (χ3v) is 6.38. The zero-order chi connectivity index (χ0) is 21.1. The first kappa shape index (κ1) is 20.3. The standard InChI is InChI=1S/C22H25N5O2S/c1-4-14-9-11-15(12-10-14)19-20(30-22-25-24-18(5-2)27(22)26-19)21(28)23-16-7-6-8-17(13-16)29-3/h6-13,19-20,26H,4-5H2,1-3H3,(H,23,28)/t19-,20+/m0/s1. The van der Waals surface area contributed by atoms with E-state index in [9.17, 15) is 4.79 Å². The number of nitrogens with one attached hydrogen (secondary N) is 2. The van der Waals surface area contributed by atoms with Gasteiger partial charge in [0.25, 0.3) is 0 Å². The van der Waals surface area contributed by atoms with Crippen LogP contribution in [0.3, 0.4) is 0 Å². The molecule has 0 saturated carbocycles. The van der Waals surface area contributed by atoms with E-state index in [-0.39, 0.29) is 11.9 Å². The molecule has 1 aromatic heterocycles. The number of aromatic nitrogens is 3. The molecular weight excluding hydrogens is 398 g/mol. The molecule has 30 heavy (non-hydrogen) atoms. The fourth-order valence-electron chi connectivity index (χ4n) is 3.45. The summed E-state index contributed by atoms with van der Waals surface area (Å²) in [6.45, 7) is 4.17. The normalized spacial score (nSPS) is 17.7. The summed E-state index contributed by atoms with van der Waals surface area (Å²) in [6.07, 6.45) is 1.73.